The molecule has 1 aliphatic rings. The topological polar surface area (TPSA) is 30.5 Å². The fourth-order valence-electron chi connectivity index (χ4n) is 2.53. The predicted octanol–water partition coefficient (Wildman–Crippen LogP) is 2.21. The Morgan fingerprint density at radius 3 is 2.69 bits per heavy atom. The molecule has 0 aromatic carbocycles. The Morgan fingerprint density at radius 1 is 1.12 bits per heavy atom. The molecule has 0 aromatic rings. The molecule has 0 saturated heterocycles. The molecule has 1 saturated carbocycles. The van der Waals surface area contributed by atoms with Crippen molar-refractivity contribution in [1.29, 1.82) is 0 Å². The molecule has 0 amide bonds. The van der Waals surface area contributed by atoms with Crippen LogP contribution in [0.15, 0.2) is 0 Å². The second kappa shape index (κ2) is 8.97. The van der Waals surface area contributed by atoms with Gasteiger partial charge in [-0.25, -0.2) is 0 Å². The summed E-state index contributed by atoms with van der Waals surface area (Å²) in [6, 6.07) is 0.727. The first-order chi connectivity index (χ1) is 7.88. The van der Waals surface area contributed by atoms with Gasteiger partial charge in [0.25, 0.3) is 0 Å². The number of hydrogen-bond acceptors (Lipinski definition) is 3. The Hall–Kier alpha value is -0.120. The van der Waals surface area contributed by atoms with E-state index < -0.39 is 0 Å². The molecule has 1 aliphatic carbocycles. The fourth-order valence-corrected chi connectivity index (χ4v) is 2.53. The summed E-state index contributed by atoms with van der Waals surface area (Å²) in [6.45, 7) is 5.49. The van der Waals surface area contributed by atoms with Gasteiger partial charge in [0.1, 0.15) is 0 Å². The maximum absolute atomic E-state index is 5.45. The zero-order valence-corrected chi connectivity index (χ0v) is 10.8. The Bertz CT molecular complexity index is 164. The molecule has 1 fully saturated rings. The van der Waals surface area contributed by atoms with Crippen molar-refractivity contribution >= 4 is 0 Å². The zero-order chi connectivity index (χ0) is 11.6. The molecule has 16 heavy (non-hydrogen) atoms. The van der Waals surface area contributed by atoms with Crippen molar-refractivity contribution in [3.05, 3.63) is 0 Å². The standard InChI is InChI=1S/C13H27NO2/c1-3-12-6-4-5-7-13(12)14-8-9-16-11-10-15-2/h12-14H,3-11H2,1-2H3. The number of hydrogen-bond donors (Lipinski definition) is 1. The van der Waals surface area contributed by atoms with E-state index in [2.05, 4.69) is 12.2 Å². The van der Waals surface area contributed by atoms with Crippen molar-refractivity contribution in [2.24, 2.45) is 5.92 Å². The quantitative estimate of drug-likeness (QED) is 0.647. The van der Waals surface area contributed by atoms with Crippen molar-refractivity contribution in [3.63, 3.8) is 0 Å². The Kier molecular flexibility index (Phi) is 7.81. The highest BCUT2D eigenvalue weighted by atomic mass is 16.5. The van der Waals surface area contributed by atoms with Gasteiger partial charge in [0.2, 0.25) is 0 Å². The van der Waals surface area contributed by atoms with Gasteiger partial charge >= 0.3 is 0 Å². The number of nitrogens with one attached hydrogen (secondary N) is 1. The third-order valence-corrected chi connectivity index (χ3v) is 3.52. The minimum atomic E-state index is 0.695. The van der Waals surface area contributed by atoms with E-state index in [0.717, 1.165) is 25.1 Å². The van der Waals surface area contributed by atoms with Crippen LogP contribution >= 0.6 is 0 Å². The highest BCUT2D eigenvalue weighted by Gasteiger charge is 2.22. The van der Waals surface area contributed by atoms with Crippen LogP contribution < -0.4 is 5.32 Å². The molecule has 0 radical (unpaired) electrons. The van der Waals surface area contributed by atoms with E-state index in [1.165, 1.54) is 32.1 Å². The first kappa shape index (κ1) is 13.9. The van der Waals surface area contributed by atoms with Crippen LogP contribution in [0.25, 0.3) is 0 Å². The van der Waals surface area contributed by atoms with Crippen molar-refractivity contribution in [2.45, 2.75) is 45.1 Å². The average Bonchev–Trinajstić information content (AvgIpc) is 2.34. The SMILES string of the molecule is CCC1CCCCC1NCCOCCOC. The van der Waals surface area contributed by atoms with Crippen LogP contribution in [-0.2, 0) is 9.47 Å². The molecule has 3 nitrogen and oxygen atoms in total. The number of rotatable bonds is 8. The van der Waals surface area contributed by atoms with Crippen molar-refractivity contribution in [3.8, 4) is 0 Å². The van der Waals surface area contributed by atoms with Gasteiger partial charge in [-0.1, -0.05) is 26.2 Å². The summed E-state index contributed by atoms with van der Waals surface area (Å²) in [6.07, 6.45) is 6.86. The monoisotopic (exact) mass is 229 g/mol. The van der Waals surface area contributed by atoms with E-state index in [1.54, 1.807) is 7.11 Å². The van der Waals surface area contributed by atoms with Crippen LogP contribution in [0.5, 0.6) is 0 Å². The first-order valence-corrected chi connectivity index (χ1v) is 6.68. The fraction of sp³-hybridized carbons (Fsp3) is 1.00. The molecular weight excluding hydrogens is 202 g/mol. The molecule has 1 N–H and O–H groups in total. The van der Waals surface area contributed by atoms with Gasteiger partial charge in [0, 0.05) is 19.7 Å². The van der Waals surface area contributed by atoms with Gasteiger partial charge in [0.05, 0.1) is 19.8 Å². The van der Waals surface area contributed by atoms with Crippen LogP contribution in [0.3, 0.4) is 0 Å². The normalized spacial score (nSPS) is 25.9. The molecule has 0 spiro atoms. The van der Waals surface area contributed by atoms with E-state index in [9.17, 15) is 0 Å². The maximum Gasteiger partial charge on any atom is 0.0700 e. The minimum absolute atomic E-state index is 0.695. The lowest BCUT2D eigenvalue weighted by Gasteiger charge is -2.31. The van der Waals surface area contributed by atoms with E-state index in [1.807, 2.05) is 0 Å². The van der Waals surface area contributed by atoms with Crippen LogP contribution in [0, 0.1) is 5.92 Å². The van der Waals surface area contributed by atoms with E-state index in [-0.39, 0.29) is 0 Å². The van der Waals surface area contributed by atoms with Gasteiger partial charge in [0.15, 0.2) is 0 Å². The minimum Gasteiger partial charge on any atom is -0.382 e. The van der Waals surface area contributed by atoms with Crippen LogP contribution in [0.4, 0.5) is 0 Å². The molecule has 0 aliphatic heterocycles. The van der Waals surface area contributed by atoms with Gasteiger partial charge < -0.3 is 14.8 Å². The lowest BCUT2D eigenvalue weighted by Crippen LogP contribution is -2.40. The third kappa shape index (κ3) is 5.28. The summed E-state index contributed by atoms with van der Waals surface area (Å²) in [4.78, 5) is 0. The average molecular weight is 229 g/mol. The Balaban J connectivity index is 2.02. The second-order valence-electron chi connectivity index (χ2n) is 4.62. The number of methoxy groups -OCH3 is 1. The van der Waals surface area contributed by atoms with Crippen molar-refractivity contribution in [1.82, 2.24) is 5.32 Å². The lowest BCUT2D eigenvalue weighted by atomic mass is 9.83. The molecule has 0 aromatic heterocycles. The first-order valence-electron chi connectivity index (χ1n) is 6.68. The van der Waals surface area contributed by atoms with Gasteiger partial charge in [-0.2, -0.15) is 0 Å². The van der Waals surface area contributed by atoms with Gasteiger partial charge in [-0.15, -0.1) is 0 Å². The Morgan fingerprint density at radius 2 is 1.94 bits per heavy atom. The predicted molar refractivity (Wildman–Crippen MR) is 66.7 cm³/mol. The largest absolute Gasteiger partial charge is 0.382 e. The molecule has 2 unspecified atom stereocenters. The summed E-state index contributed by atoms with van der Waals surface area (Å²) >= 11 is 0. The van der Waals surface area contributed by atoms with Gasteiger partial charge in [-0.05, 0) is 18.8 Å². The van der Waals surface area contributed by atoms with E-state index in [4.69, 9.17) is 9.47 Å². The summed E-state index contributed by atoms with van der Waals surface area (Å²) in [5.74, 6) is 0.882. The maximum atomic E-state index is 5.45. The van der Waals surface area contributed by atoms with E-state index in [0.29, 0.717) is 13.2 Å². The second-order valence-corrected chi connectivity index (χ2v) is 4.62. The van der Waals surface area contributed by atoms with Gasteiger partial charge in [-0.3, -0.25) is 0 Å². The highest BCUT2D eigenvalue weighted by Crippen LogP contribution is 2.26. The van der Waals surface area contributed by atoms with Crippen molar-refractivity contribution < 1.29 is 9.47 Å². The molecule has 3 heteroatoms. The highest BCUT2D eigenvalue weighted by molar-refractivity contribution is 4.79. The molecule has 0 heterocycles. The molecule has 96 valence electrons. The summed E-state index contributed by atoms with van der Waals surface area (Å²) in [7, 11) is 1.70. The zero-order valence-electron chi connectivity index (χ0n) is 10.8. The summed E-state index contributed by atoms with van der Waals surface area (Å²) < 4.78 is 10.4. The molecule has 1 rings (SSSR count). The van der Waals surface area contributed by atoms with E-state index >= 15 is 0 Å². The Labute approximate surface area is 99.9 Å². The third-order valence-electron chi connectivity index (χ3n) is 3.52. The summed E-state index contributed by atoms with van der Waals surface area (Å²) in [5.41, 5.74) is 0. The molecular formula is C13H27NO2. The molecule has 0 bridgehead atoms. The molecule has 2 atom stereocenters. The van der Waals surface area contributed by atoms with Crippen molar-refractivity contribution in [2.75, 3.05) is 33.5 Å². The summed E-state index contributed by atoms with van der Waals surface area (Å²) in [5, 5.41) is 3.63. The van der Waals surface area contributed by atoms with Crippen LogP contribution in [0.2, 0.25) is 0 Å². The lowest BCUT2D eigenvalue weighted by molar-refractivity contribution is 0.0692. The van der Waals surface area contributed by atoms with Crippen LogP contribution in [0.1, 0.15) is 39.0 Å². The van der Waals surface area contributed by atoms with Crippen LogP contribution in [-0.4, -0.2) is 39.5 Å². The smallest absolute Gasteiger partial charge is 0.0700 e. The number of ether oxygens (including phenoxy) is 2.